The minimum Gasteiger partial charge on any atom is -0.340 e. The molecule has 0 aliphatic carbocycles. The number of nitrogens with two attached hydrogens (primary N) is 1. The molecule has 1 heterocycles. The molecule has 6 heteroatoms. The van der Waals surface area contributed by atoms with Crippen molar-refractivity contribution in [1.29, 1.82) is 0 Å². The minimum absolute atomic E-state index is 0.517. The SMILES string of the molecule is CC(C)CN=C(NN)N(C)Cc1ccc(Cl)s1. The van der Waals surface area contributed by atoms with E-state index >= 15 is 0 Å². The number of aliphatic imine (C=N–C) groups is 1. The summed E-state index contributed by atoms with van der Waals surface area (Å²) < 4.78 is 0.801. The molecule has 17 heavy (non-hydrogen) atoms. The van der Waals surface area contributed by atoms with E-state index in [9.17, 15) is 0 Å². The van der Waals surface area contributed by atoms with Gasteiger partial charge in [-0.3, -0.25) is 10.4 Å². The van der Waals surface area contributed by atoms with Crippen LogP contribution in [0.3, 0.4) is 0 Å². The van der Waals surface area contributed by atoms with Gasteiger partial charge in [-0.05, 0) is 18.1 Å². The van der Waals surface area contributed by atoms with Gasteiger partial charge in [-0.15, -0.1) is 11.3 Å². The van der Waals surface area contributed by atoms with Gasteiger partial charge in [-0.25, -0.2) is 5.84 Å². The molecule has 0 aliphatic rings. The zero-order valence-electron chi connectivity index (χ0n) is 10.4. The van der Waals surface area contributed by atoms with Crippen molar-refractivity contribution in [2.45, 2.75) is 20.4 Å². The maximum absolute atomic E-state index is 5.89. The number of hydrazine groups is 1. The van der Waals surface area contributed by atoms with Gasteiger partial charge in [-0.1, -0.05) is 25.4 Å². The molecule has 1 aromatic rings. The molecule has 3 N–H and O–H groups in total. The molecule has 0 bridgehead atoms. The fourth-order valence-electron chi connectivity index (χ4n) is 1.29. The highest BCUT2D eigenvalue weighted by atomic mass is 35.5. The molecule has 0 saturated heterocycles. The number of guanidine groups is 1. The van der Waals surface area contributed by atoms with Gasteiger partial charge in [0.05, 0.1) is 10.9 Å². The average Bonchev–Trinajstić information content (AvgIpc) is 2.64. The summed E-state index contributed by atoms with van der Waals surface area (Å²) in [4.78, 5) is 7.58. The molecule has 0 saturated carbocycles. The first-order valence-electron chi connectivity index (χ1n) is 5.49. The summed E-state index contributed by atoms with van der Waals surface area (Å²) in [6.07, 6.45) is 0. The predicted molar refractivity (Wildman–Crippen MR) is 75.3 cm³/mol. The zero-order valence-corrected chi connectivity index (χ0v) is 12.0. The van der Waals surface area contributed by atoms with Gasteiger partial charge in [0, 0.05) is 18.5 Å². The van der Waals surface area contributed by atoms with Gasteiger partial charge < -0.3 is 4.90 Å². The highest BCUT2D eigenvalue weighted by molar-refractivity contribution is 7.16. The molecule has 1 rings (SSSR count). The molecule has 0 spiro atoms. The van der Waals surface area contributed by atoms with Crippen LogP contribution < -0.4 is 11.3 Å². The summed E-state index contributed by atoms with van der Waals surface area (Å²) >= 11 is 7.46. The maximum Gasteiger partial charge on any atom is 0.208 e. The Hall–Kier alpha value is -0.780. The van der Waals surface area contributed by atoms with Crippen LogP contribution in [-0.2, 0) is 6.54 Å². The second-order valence-electron chi connectivity index (χ2n) is 4.26. The van der Waals surface area contributed by atoms with Crippen molar-refractivity contribution in [3.63, 3.8) is 0 Å². The van der Waals surface area contributed by atoms with Crippen LogP contribution in [-0.4, -0.2) is 24.5 Å². The van der Waals surface area contributed by atoms with E-state index in [1.807, 2.05) is 24.1 Å². The third-order valence-corrected chi connectivity index (χ3v) is 3.33. The molecule has 0 radical (unpaired) electrons. The Balaban J connectivity index is 2.60. The third kappa shape index (κ3) is 4.93. The van der Waals surface area contributed by atoms with E-state index in [0.29, 0.717) is 11.9 Å². The number of nitrogens with zero attached hydrogens (tertiary/aromatic N) is 2. The maximum atomic E-state index is 5.89. The van der Waals surface area contributed by atoms with E-state index < -0.39 is 0 Å². The van der Waals surface area contributed by atoms with Gasteiger partial charge in [0.1, 0.15) is 0 Å². The standard InChI is InChI=1S/C11H19ClN4S/c1-8(2)6-14-11(15-13)16(3)7-9-4-5-10(12)17-9/h4-5,8H,6-7,13H2,1-3H3,(H,14,15). The Kier molecular flexibility index (Phi) is 5.74. The Bertz CT molecular complexity index is 375. The fraction of sp³-hybridized carbons (Fsp3) is 0.545. The lowest BCUT2D eigenvalue weighted by molar-refractivity contribution is 0.478. The summed E-state index contributed by atoms with van der Waals surface area (Å²) in [5, 5.41) is 0. The van der Waals surface area contributed by atoms with Crippen LogP contribution in [0.15, 0.2) is 17.1 Å². The van der Waals surface area contributed by atoms with E-state index in [1.54, 1.807) is 11.3 Å². The second-order valence-corrected chi connectivity index (χ2v) is 6.06. The normalized spacial score (nSPS) is 12.0. The smallest absolute Gasteiger partial charge is 0.208 e. The molecule has 96 valence electrons. The number of nitrogens with one attached hydrogen (secondary N) is 1. The van der Waals surface area contributed by atoms with Crippen LogP contribution in [0.25, 0.3) is 0 Å². The Morgan fingerprint density at radius 3 is 2.76 bits per heavy atom. The molecule has 4 nitrogen and oxygen atoms in total. The molecule has 0 amide bonds. The predicted octanol–water partition coefficient (Wildman–Crippen LogP) is 2.31. The quantitative estimate of drug-likeness (QED) is 0.383. The Labute approximate surface area is 111 Å². The van der Waals surface area contributed by atoms with Gasteiger partial charge in [-0.2, -0.15) is 0 Å². The molecule has 1 aromatic heterocycles. The third-order valence-electron chi connectivity index (χ3n) is 2.12. The summed E-state index contributed by atoms with van der Waals surface area (Å²) in [5.74, 6) is 6.69. The lowest BCUT2D eigenvalue weighted by Crippen LogP contribution is -2.42. The summed E-state index contributed by atoms with van der Waals surface area (Å²) in [7, 11) is 1.95. The van der Waals surface area contributed by atoms with Crippen molar-refractivity contribution < 1.29 is 0 Å². The summed E-state index contributed by atoms with van der Waals surface area (Å²) in [6.45, 7) is 5.75. The van der Waals surface area contributed by atoms with Crippen LogP contribution in [0.4, 0.5) is 0 Å². The number of hydrogen-bond donors (Lipinski definition) is 2. The topological polar surface area (TPSA) is 53.6 Å². The van der Waals surface area contributed by atoms with Crippen molar-refractivity contribution in [2.75, 3.05) is 13.6 Å². The fourth-order valence-corrected chi connectivity index (χ4v) is 2.43. The average molecular weight is 275 g/mol. The highest BCUT2D eigenvalue weighted by Crippen LogP contribution is 2.22. The van der Waals surface area contributed by atoms with Crippen molar-refractivity contribution in [2.24, 2.45) is 16.8 Å². The van der Waals surface area contributed by atoms with Crippen LogP contribution in [0.2, 0.25) is 4.34 Å². The first-order valence-corrected chi connectivity index (χ1v) is 6.68. The molecule has 0 aliphatic heterocycles. The Morgan fingerprint density at radius 2 is 2.29 bits per heavy atom. The van der Waals surface area contributed by atoms with Crippen LogP contribution in [0.1, 0.15) is 18.7 Å². The van der Waals surface area contributed by atoms with Crippen molar-refractivity contribution in [3.05, 3.63) is 21.3 Å². The molecular formula is C11H19ClN4S. The number of thiophene rings is 1. The minimum atomic E-state index is 0.517. The monoisotopic (exact) mass is 274 g/mol. The van der Waals surface area contributed by atoms with Crippen LogP contribution in [0.5, 0.6) is 0 Å². The van der Waals surface area contributed by atoms with E-state index in [4.69, 9.17) is 17.4 Å². The molecule has 0 fully saturated rings. The first-order chi connectivity index (χ1) is 8.02. The van der Waals surface area contributed by atoms with E-state index in [0.717, 1.165) is 17.4 Å². The number of hydrogen-bond acceptors (Lipinski definition) is 3. The van der Waals surface area contributed by atoms with E-state index in [1.165, 1.54) is 4.88 Å². The molecular weight excluding hydrogens is 256 g/mol. The van der Waals surface area contributed by atoms with Gasteiger partial charge in [0.2, 0.25) is 5.96 Å². The second kappa shape index (κ2) is 6.83. The van der Waals surface area contributed by atoms with Gasteiger partial charge in [0.15, 0.2) is 0 Å². The lowest BCUT2D eigenvalue weighted by Gasteiger charge is -2.20. The lowest BCUT2D eigenvalue weighted by atomic mass is 10.2. The van der Waals surface area contributed by atoms with Gasteiger partial charge >= 0.3 is 0 Å². The Morgan fingerprint density at radius 1 is 1.59 bits per heavy atom. The van der Waals surface area contributed by atoms with E-state index in [2.05, 4.69) is 24.3 Å². The zero-order chi connectivity index (χ0) is 12.8. The largest absolute Gasteiger partial charge is 0.340 e. The van der Waals surface area contributed by atoms with Crippen molar-refractivity contribution in [1.82, 2.24) is 10.3 Å². The number of halogens is 1. The summed E-state index contributed by atoms with van der Waals surface area (Å²) in [5.41, 5.74) is 2.63. The highest BCUT2D eigenvalue weighted by Gasteiger charge is 2.07. The van der Waals surface area contributed by atoms with Crippen molar-refractivity contribution >= 4 is 28.9 Å². The molecule has 0 aromatic carbocycles. The van der Waals surface area contributed by atoms with E-state index in [-0.39, 0.29) is 0 Å². The number of rotatable bonds is 4. The molecule has 0 unspecified atom stereocenters. The van der Waals surface area contributed by atoms with Crippen molar-refractivity contribution in [3.8, 4) is 0 Å². The van der Waals surface area contributed by atoms with Crippen LogP contribution in [0, 0.1) is 5.92 Å². The summed E-state index contributed by atoms with van der Waals surface area (Å²) in [6, 6.07) is 3.91. The molecule has 0 atom stereocenters. The first kappa shape index (κ1) is 14.3. The van der Waals surface area contributed by atoms with Gasteiger partial charge in [0.25, 0.3) is 0 Å². The van der Waals surface area contributed by atoms with Crippen LogP contribution >= 0.6 is 22.9 Å².